The second kappa shape index (κ2) is 18.6. The predicted molar refractivity (Wildman–Crippen MR) is 8.66 cm³/mol. The summed E-state index contributed by atoms with van der Waals surface area (Å²) < 4.78 is 8.06. The number of hydrogen-bond acceptors (Lipinski definition) is 1. The van der Waals surface area contributed by atoms with Crippen molar-refractivity contribution in [3.8, 4) is 0 Å². The molecule has 0 atom stereocenters. The van der Waals surface area contributed by atoms with Crippen molar-refractivity contribution in [2.24, 2.45) is 0 Å². The van der Waals surface area contributed by atoms with Crippen LogP contribution in [0.1, 0.15) is 2.85 Å². The van der Waals surface area contributed by atoms with Crippen molar-refractivity contribution >= 4 is 37.7 Å². The molecule has 21 valence electrons. The van der Waals surface area contributed by atoms with E-state index in [1.807, 2.05) is 0 Å². The minimum absolute atomic E-state index is 0. The van der Waals surface area contributed by atoms with Gasteiger partial charge in [-0.1, -0.05) is 0 Å². The quantitative estimate of drug-likeness (QED) is 0.446. The van der Waals surface area contributed by atoms with E-state index in [0.717, 1.165) is 0 Å². The SMILES string of the molecule is [Ca+2].[H-].[H-].[O]=[Mn].[Ti]. The van der Waals surface area contributed by atoms with Crippen LogP contribution in [0.15, 0.2) is 0 Å². The molecule has 0 amide bonds. The molecule has 0 unspecified atom stereocenters. The van der Waals surface area contributed by atoms with Gasteiger partial charge < -0.3 is 2.85 Å². The van der Waals surface area contributed by atoms with Gasteiger partial charge in [-0.3, -0.25) is 0 Å². The van der Waals surface area contributed by atoms with Gasteiger partial charge in [0.25, 0.3) is 0 Å². The van der Waals surface area contributed by atoms with E-state index in [1.54, 1.807) is 15.9 Å². The molecule has 0 aliphatic carbocycles. The second-order valence-corrected chi connectivity index (χ2v) is 0. The largest absolute Gasteiger partial charge is 0 e. The van der Waals surface area contributed by atoms with Crippen LogP contribution in [0.25, 0.3) is 0 Å². The smallest absolute Gasteiger partial charge is 0 e. The fourth-order valence-corrected chi connectivity index (χ4v) is 0. The van der Waals surface area contributed by atoms with Gasteiger partial charge in [0.15, 0.2) is 0 Å². The van der Waals surface area contributed by atoms with Gasteiger partial charge in [0.05, 0.1) is 0 Å². The molecule has 0 spiro atoms. The Morgan fingerprint density at radius 1 is 1.50 bits per heavy atom. The average molecular weight is 161 g/mol. The minimum Gasteiger partial charge on any atom is 0 e. The van der Waals surface area contributed by atoms with E-state index in [2.05, 4.69) is 0 Å². The van der Waals surface area contributed by atoms with Crippen LogP contribution in [-0.2, 0) is 41.5 Å². The Morgan fingerprint density at radius 3 is 1.50 bits per heavy atom. The summed E-state index contributed by atoms with van der Waals surface area (Å²) in [6, 6.07) is 0. The van der Waals surface area contributed by atoms with Gasteiger partial charge in [0.1, 0.15) is 0 Å². The maximum absolute atomic E-state index is 8.06. The standard InChI is InChI=1S/Ca.Mn.O.Ti.2H/q+2;;;;2*-1. The van der Waals surface area contributed by atoms with Crippen LogP contribution in [0, 0.1) is 0 Å². The molecule has 0 bridgehead atoms. The van der Waals surface area contributed by atoms with Crippen LogP contribution < -0.4 is 0 Å². The Balaban J connectivity index is -0.000000000833. The van der Waals surface area contributed by atoms with Crippen LogP contribution in [0.4, 0.5) is 0 Å². The van der Waals surface area contributed by atoms with Crippen LogP contribution >= 0.6 is 0 Å². The molecular formula is H2CaMnOTi. The molecule has 0 rings (SSSR count). The molecule has 0 aliphatic heterocycles. The molecule has 0 aromatic heterocycles. The first-order valence-corrected chi connectivity index (χ1v) is 0.636. The third-order valence-corrected chi connectivity index (χ3v) is 0. The molecule has 0 saturated carbocycles. The van der Waals surface area contributed by atoms with Crippen molar-refractivity contribution in [3.63, 3.8) is 0 Å². The molecule has 0 saturated heterocycles. The van der Waals surface area contributed by atoms with Gasteiger partial charge in [-0.15, -0.1) is 0 Å². The first-order chi connectivity index (χ1) is 1.00. The summed E-state index contributed by atoms with van der Waals surface area (Å²) in [6.45, 7) is 0. The normalized spacial score (nSPS) is 1.00. The van der Waals surface area contributed by atoms with Crippen molar-refractivity contribution in [1.29, 1.82) is 0 Å². The van der Waals surface area contributed by atoms with Crippen molar-refractivity contribution in [1.82, 2.24) is 0 Å². The molecule has 4 heavy (non-hydrogen) atoms. The van der Waals surface area contributed by atoms with E-state index in [1.165, 1.54) is 0 Å². The van der Waals surface area contributed by atoms with Gasteiger partial charge in [0, 0.05) is 21.7 Å². The zero-order valence-corrected chi connectivity index (χ0v) is 6.94. The Hall–Kier alpha value is 2.29. The van der Waals surface area contributed by atoms with Crippen molar-refractivity contribution < 1.29 is 44.4 Å². The molecule has 0 aromatic rings. The summed E-state index contributed by atoms with van der Waals surface area (Å²) in [5.74, 6) is 0. The molecule has 0 N–H and O–H groups in total. The Bertz CT molecular complexity index is 13.5. The van der Waals surface area contributed by atoms with Crippen LogP contribution in [0.2, 0.25) is 0 Å². The zero-order chi connectivity index (χ0) is 2.00. The van der Waals surface area contributed by atoms with E-state index < -0.39 is 0 Å². The Morgan fingerprint density at radius 2 is 1.50 bits per heavy atom. The number of rotatable bonds is 0. The maximum atomic E-state index is 8.06. The molecule has 0 aromatic carbocycles. The third-order valence-electron chi connectivity index (χ3n) is 0. The first-order valence-electron chi connectivity index (χ1n) is 0.154. The first kappa shape index (κ1) is 16.3. The average Bonchev–Trinajstić information content (AvgIpc) is 1.00. The Kier molecular flexibility index (Phi) is 75.4. The van der Waals surface area contributed by atoms with Gasteiger partial charge in [0.2, 0.25) is 0 Å². The summed E-state index contributed by atoms with van der Waals surface area (Å²) in [5, 5.41) is 0. The molecule has 0 heterocycles. The van der Waals surface area contributed by atoms with E-state index in [4.69, 9.17) is 3.83 Å². The minimum atomic E-state index is 0. The summed E-state index contributed by atoms with van der Waals surface area (Å²) >= 11 is 1.69. The van der Waals surface area contributed by atoms with E-state index in [9.17, 15) is 0 Å². The Labute approximate surface area is 80.8 Å². The molecule has 0 fully saturated rings. The zero-order valence-electron chi connectivity index (χ0n) is 3.99. The topological polar surface area (TPSA) is 17.1 Å². The molecule has 1 nitrogen and oxygen atoms in total. The maximum Gasteiger partial charge on any atom is 0 e. The van der Waals surface area contributed by atoms with Crippen molar-refractivity contribution in [2.45, 2.75) is 0 Å². The van der Waals surface area contributed by atoms with E-state index in [-0.39, 0.29) is 62.3 Å². The van der Waals surface area contributed by atoms with Crippen molar-refractivity contribution in [2.75, 3.05) is 0 Å². The number of hydrogen-bond donors (Lipinski definition) is 0. The van der Waals surface area contributed by atoms with Gasteiger partial charge in [-0.25, -0.2) is 0 Å². The molecule has 0 aliphatic rings. The van der Waals surface area contributed by atoms with E-state index in [0.29, 0.717) is 0 Å². The molecule has 4 heteroatoms. The van der Waals surface area contributed by atoms with Gasteiger partial charge >= 0.3 is 57.5 Å². The summed E-state index contributed by atoms with van der Waals surface area (Å²) in [4.78, 5) is 0. The van der Waals surface area contributed by atoms with Crippen molar-refractivity contribution in [3.05, 3.63) is 0 Å². The monoisotopic (exact) mass is 161 g/mol. The molecular weight excluding hydrogens is 159 g/mol. The van der Waals surface area contributed by atoms with Crippen LogP contribution in [0.3, 0.4) is 0 Å². The molecule has 0 radical (unpaired) electrons. The predicted octanol–water partition coefficient (Wildman–Crippen LogP) is -0.280. The van der Waals surface area contributed by atoms with Gasteiger partial charge in [-0.05, 0) is 0 Å². The summed E-state index contributed by atoms with van der Waals surface area (Å²) in [6.07, 6.45) is 0. The summed E-state index contributed by atoms with van der Waals surface area (Å²) in [5.41, 5.74) is 0. The second-order valence-electron chi connectivity index (χ2n) is 0. The summed E-state index contributed by atoms with van der Waals surface area (Å²) in [7, 11) is 0. The third kappa shape index (κ3) is 8.85. The van der Waals surface area contributed by atoms with Gasteiger partial charge in [-0.2, -0.15) is 0 Å². The fraction of sp³-hybridized carbons (Fsp3) is 0. The fourth-order valence-electron chi connectivity index (χ4n) is 0. The van der Waals surface area contributed by atoms with Crippen LogP contribution in [-0.4, -0.2) is 37.7 Å². The van der Waals surface area contributed by atoms with Crippen LogP contribution in [0.5, 0.6) is 0 Å². The van der Waals surface area contributed by atoms with E-state index >= 15 is 0 Å².